The van der Waals surface area contributed by atoms with Crippen LogP contribution in [-0.4, -0.2) is 36.0 Å². The number of halogens is 2. The number of benzene rings is 1. The fraction of sp³-hybridized carbons (Fsp3) is 0.250. The zero-order valence-corrected chi connectivity index (χ0v) is 19.7. The molecule has 0 radical (unpaired) electrons. The molecule has 0 bridgehead atoms. The average Bonchev–Trinajstić information content (AvgIpc) is 3.06. The quantitative estimate of drug-likeness (QED) is 0.410. The minimum atomic E-state index is -0.577. The maximum absolute atomic E-state index is 14.0. The highest BCUT2D eigenvalue weighted by Crippen LogP contribution is 2.26. The lowest BCUT2D eigenvalue weighted by Crippen LogP contribution is -2.25. The first-order valence-electron chi connectivity index (χ1n) is 10.7. The van der Waals surface area contributed by atoms with Crippen LogP contribution < -0.4 is 10.9 Å². The molecule has 0 aliphatic rings. The third-order valence-corrected chi connectivity index (χ3v) is 6.02. The Morgan fingerprint density at radius 3 is 2.65 bits per heavy atom. The van der Waals surface area contributed by atoms with Gasteiger partial charge in [0, 0.05) is 37.7 Å². The molecule has 0 saturated heterocycles. The summed E-state index contributed by atoms with van der Waals surface area (Å²) in [6.45, 7) is 3.67. The van der Waals surface area contributed by atoms with Crippen LogP contribution >= 0.6 is 11.6 Å². The molecular weight excluding hydrogens is 459 g/mol. The van der Waals surface area contributed by atoms with Crippen molar-refractivity contribution >= 4 is 23.2 Å². The first kappa shape index (κ1) is 23.6. The highest BCUT2D eigenvalue weighted by atomic mass is 35.5. The predicted molar refractivity (Wildman–Crippen MR) is 129 cm³/mol. The summed E-state index contributed by atoms with van der Waals surface area (Å²) in [6.07, 6.45) is 3.48. The Labute approximate surface area is 200 Å². The molecule has 34 heavy (non-hydrogen) atoms. The van der Waals surface area contributed by atoms with Crippen LogP contribution in [0.4, 0.5) is 16.0 Å². The van der Waals surface area contributed by atoms with E-state index in [1.54, 1.807) is 35.3 Å². The van der Waals surface area contributed by atoms with Crippen molar-refractivity contribution in [1.29, 1.82) is 0 Å². The zero-order chi connectivity index (χ0) is 24.4. The summed E-state index contributed by atoms with van der Waals surface area (Å²) < 4.78 is 17.3. The third-order valence-electron chi connectivity index (χ3n) is 5.71. The largest absolute Gasteiger partial charge is 0.396 e. The Morgan fingerprint density at radius 1 is 1.21 bits per heavy atom. The van der Waals surface area contributed by atoms with Crippen molar-refractivity contribution < 1.29 is 9.50 Å². The standard InChI is InChI=1S/C24H24ClFN6O2/c1-14-23(15(2)31(3)30-14)29-24-27-9-6-20(28-24)16-7-10-32(22(34)13-16)21(8-11-33)17-4-5-18(25)19(26)12-17/h4-7,9-10,12-13,21,33H,8,11H2,1-3H3,(H,27,28,29)/t21-/m1/s1. The number of aliphatic hydroxyl groups excluding tert-OH is 1. The normalized spacial score (nSPS) is 12.1. The number of pyridine rings is 1. The van der Waals surface area contributed by atoms with E-state index < -0.39 is 11.9 Å². The van der Waals surface area contributed by atoms with E-state index in [4.69, 9.17) is 11.6 Å². The SMILES string of the molecule is Cc1nn(C)c(C)c1Nc1nccc(-c2ccn([C@H](CCO)c3ccc(Cl)c(F)c3)c(=O)c2)n1. The van der Waals surface area contributed by atoms with E-state index in [-0.39, 0.29) is 23.6 Å². The monoisotopic (exact) mass is 482 g/mol. The summed E-state index contributed by atoms with van der Waals surface area (Å²) in [5.41, 5.74) is 4.01. The second kappa shape index (κ2) is 9.74. The minimum Gasteiger partial charge on any atom is -0.396 e. The highest BCUT2D eigenvalue weighted by molar-refractivity contribution is 6.30. The molecule has 3 heterocycles. The van der Waals surface area contributed by atoms with Crippen molar-refractivity contribution in [3.63, 3.8) is 0 Å². The molecule has 0 unspecified atom stereocenters. The van der Waals surface area contributed by atoms with E-state index in [2.05, 4.69) is 20.4 Å². The van der Waals surface area contributed by atoms with Gasteiger partial charge in [0.1, 0.15) is 5.82 Å². The van der Waals surface area contributed by atoms with Crippen molar-refractivity contribution in [2.75, 3.05) is 11.9 Å². The summed E-state index contributed by atoms with van der Waals surface area (Å²) in [5, 5.41) is 17.1. The van der Waals surface area contributed by atoms with Gasteiger partial charge in [0.2, 0.25) is 5.95 Å². The Hall–Kier alpha value is -3.56. The smallest absolute Gasteiger partial charge is 0.251 e. The van der Waals surface area contributed by atoms with Crippen molar-refractivity contribution in [3.05, 3.63) is 86.9 Å². The molecule has 0 amide bonds. The van der Waals surface area contributed by atoms with Crippen LogP contribution in [0.2, 0.25) is 5.02 Å². The fourth-order valence-electron chi connectivity index (χ4n) is 3.86. The van der Waals surface area contributed by atoms with Gasteiger partial charge in [-0.25, -0.2) is 14.4 Å². The predicted octanol–water partition coefficient (Wildman–Crippen LogP) is 4.16. The summed E-state index contributed by atoms with van der Waals surface area (Å²) in [7, 11) is 1.86. The van der Waals surface area contributed by atoms with E-state index in [0.29, 0.717) is 22.8 Å². The second-order valence-electron chi connectivity index (χ2n) is 7.92. The van der Waals surface area contributed by atoms with Gasteiger partial charge in [-0.1, -0.05) is 17.7 Å². The summed E-state index contributed by atoms with van der Waals surface area (Å²) in [5.74, 6) is -0.192. The van der Waals surface area contributed by atoms with Gasteiger partial charge in [-0.05, 0) is 50.1 Å². The lowest BCUT2D eigenvalue weighted by molar-refractivity contribution is 0.266. The molecule has 3 aromatic heterocycles. The van der Waals surface area contributed by atoms with Gasteiger partial charge < -0.3 is 15.0 Å². The first-order valence-corrected chi connectivity index (χ1v) is 11.0. The molecule has 0 spiro atoms. The van der Waals surface area contributed by atoms with Crippen LogP contribution in [0, 0.1) is 19.7 Å². The number of rotatable bonds is 7. The van der Waals surface area contributed by atoms with Crippen LogP contribution in [0.15, 0.2) is 53.6 Å². The maximum atomic E-state index is 14.0. The van der Waals surface area contributed by atoms with Crippen LogP contribution in [0.3, 0.4) is 0 Å². The van der Waals surface area contributed by atoms with Gasteiger partial charge in [-0.2, -0.15) is 5.10 Å². The molecule has 4 aromatic rings. The Bertz CT molecular complexity index is 1400. The van der Waals surface area contributed by atoms with Gasteiger partial charge in [-0.3, -0.25) is 9.48 Å². The van der Waals surface area contributed by atoms with Gasteiger partial charge in [-0.15, -0.1) is 0 Å². The van der Waals surface area contributed by atoms with Crippen LogP contribution in [0.1, 0.15) is 29.4 Å². The molecule has 1 atom stereocenters. The van der Waals surface area contributed by atoms with Gasteiger partial charge in [0.15, 0.2) is 0 Å². The van der Waals surface area contributed by atoms with Crippen LogP contribution in [0.5, 0.6) is 0 Å². The summed E-state index contributed by atoms with van der Waals surface area (Å²) >= 11 is 5.80. The molecule has 8 nitrogen and oxygen atoms in total. The Balaban J connectivity index is 1.65. The Kier molecular flexibility index (Phi) is 6.76. The third kappa shape index (κ3) is 4.71. The molecule has 0 aliphatic carbocycles. The molecule has 1 aromatic carbocycles. The van der Waals surface area contributed by atoms with E-state index in [1.165, 1.54) is 22.8 Å². The number of nitrogens with zero attached hydrogens (tertiary/aromatic N) is 5. The molecule has 0 aliphatic heterocycles. The van der Waals surface area contributed by atoms with Crippen LogP contribution in [0.25, 0.3) is 11.3 Å². The second-order valence-corrected chi connectivity index (χ2v) is 8.33. The Morgan fingerprint density at radius 2 is 2.00 bits per heavy atom. The number of hydrogen-bond donors (Lipinski definition) is 2. The number of nitrogens with one attached hydrogen (secondary N) is 1. The van der Waals surface area contributed by atoms with Crippen LogP contribution in [-0.2, 0) is 7.05 Å². The highest BCUT2D eigenvalue weighted by Gasteiger charge is 2.17. The summed E-state index contributed by atoms with van der Waals surface area (Å²) in [4.78, 5) is 21.8. The van der Waals surface area contributed by atoms with E-state index in [1.807, 2.05) is 20.9 Å². The molecule has 176 valence electrons. The molecule has 0 fully saturated rings. The number of aromatic nitrogens is 5. The van der Waals surface area contributed by atoms with Crippen molar-refractivity contribution in [2.45, 2.75) is 26.3 Å². The van der Waals surface area contributed by atoms with Gasteiger partial charge in [0.25, 0.3) is 5.56 Å². The fourth-order valence-corrected chi connectivity index (χ4v) is 3.98. The van der Waals surface area contributed by atoms with E-state index >= 15 is 0 Å². The lowest BCUT2D eigenvalue weighted by atomic mass is 10.0. The van der Waals surface area contributed by atoms with Gasteiger partial charge >= 0.3 is 0 Å². The van der Waals surface area contributed by atoms with Crippen molar-refractivity contribution in [2.24, 2.45) is 7.05 Å². The molecule has 2 N–H and O–H groups in total. The number of anilines is 2. The first-order chi connectivity index (χ1) is 16.3. The topological polar surface area (TPSA) is 97.9 Å². The molecule has 10 heteroatoms. The van der Waals surface area contributed by atoms with E-state index in [9.17, 15) is 14.3 Å². The number of hydrogen-bond acceptors (Lipinski definition) is 6. The summed E-state index contributed by atoms with van der Waals surface area (Å²) in [6, 6.07) is 8.76. The number of aliphatic hydroxyl groups is 1. The molecule has 0 saturated carbocycles. The number of aryl methyl sites for hydroxylation is 2. The maximum Gasteiger partial charge on any atom is 0.251 e. The molecular formula is C24H24ClFN6O2. The lowest BCUT2D eigenvalue weighted by Gasteiger charge is -2.20. The van der Waals surface area contributed by atoms with Gasteiger partial charge in [0.05, 0.1) is 33.8 Å². The minimum absolute atomic E-state index is 0.000889. The molecule has 4 rings (SSSR count). The van der Waals surface area contributed by atoms with Crippen molar-refractivity contribution in [3.8, 4) is 11.3 Å². The average molecular weight is 483 g/mol. The zero-order valence-electron chi connectivity index (χ0n) is 19.0. The van der Waals surface area contributed by atoms with E-state index in [0.717, 1.165) is 17.1 Å². The van der Waals surface area contributed by atoms with Crippen molar-refractivity contribution in [1.82, 2.24) is 24.3 Å².